The van der Waals surface area contributed by atoms with E-state index < -0.39 is 5.97 Å². The molecule has 0 aromatic heterocycles. The number of anilines is 1. The smallest absolute Gasteiger partial charge is 0.222 e. The molecule has 1 saturated heterocycles. The molecule has 1 aromatic rings. The lowest BCUT2D eigenvalue weighted by molar-refractivity contribution is -0.306. The molecule has 1 aliphatic heterocycles. The van der Waals surface area contributed by atoms with E-state index in [-0.39, 0.29) is 30.5 Å². The molecule has 1 aliphatic rings. The number of benzene rings is 1. The topological polar surface area (TPSA) is 63.7 Å². The first kappa shape index (κ1) is 16.3. The van der Waals surface area contributed by atoms with Gasteiger partial charge in [-0.2, -0.15) is 0 Å². The van der Waals surface area contributed by atoms with Gasteiger partial charge in [-0.05, 0) is 36.6 Å². The fraction of sp³-hybridized carbons (Fsp3) is 0.500. The lowest BCUT2D eigenvalue weighted by Gasteiger charge is -2.36. The number of aliphatic carboxylic acids is 1. The minimum Gasteiger partial charge on any atom is -0.550 e. The van der Waals surface area contributed by atoms with Gasteiger partial charge >= 0.3 is 0 Å². The van der Waals surface area contributed by atoms with Gasteiger partial charge in [0.25, 0.3) is 0 Å². The number of carboxylic acid groups (broad SMARTS) is 1. The molecule has 0 aliphatic carbocycles. The van der Waals surface area contributed by atoms with Gasteiger partial charge in [0.1, 0.15) is 5.82 Å². The Hall–Kier alpha value is -2.11. The Morgan fingerprint density at radius 3 is 2.27 bits per heavy atom. The molecule has 0 unspecified atom stereocenters. The summed E-state index contributed by atoms with van der Waals surface area (Å²) in [5, 5.41) is 10.5. The van der Waals surface area contributed by atoms with Crippen LogP contribution in [-0.4, -0.2) is 43.0 Å². The zero-order chi connectivity index (χ0) is 16.1. The van der Waals surface area contributed by atoms with Gasteiger partial charge < -0.3 is 19.7 Å². The van der Waals surface area contributed by atoms with Crippen LogP contribution in [0.2, 0.25) is 0 Å². The van der Waals surface area contributed by atoms with Gasteiger partial charge in [0.2, 0.25) is 5.91 Å². The van der Waals surface area contributed by atoms with Crippen molar-refractivity contribution in [3.63, 3.8) is 0 Å². The second kappa shape index (κ2) is 7.24. The van der Waals surface area contributed by atoms with E-state index >= 15 is 0 Å². The van der Waals surface area contributed by atoms with Crippen molar-refractivity contribution in [3.05, 3.63) is 30.1 Å². The average molecular weight is 307 g/mol. The van der Waals surface area contributed by atoms with E-state index in [1.54, 1.807) is 24.0 Å². The van der Waals surface area contributed by atoms with E-state index in [1.807, 2.05) is 0 Å². The molecule has 22 heavy (non-hydrogen) atoms. The Morgan fingerprint density at radius 1 is 1.14 bits per heavy atom. The summed E-state index contributed by atoms with van der Waals surface area (Å²) in [5.74, 6) is -1.62. The van der Waals surface area contributed by atoms with E-state index in [4.69, 9.17) is 0 Å². The first-order valence-electron chi connectivity index (χ1n) is 7.44. The second-order valence-electron chi connectivity index (χ2n) is 5.73. The van der Waals surface area contributed by atoms with Crippen LogP contribution in [0.5, 0.6) is 0 Å². The van der Waals surface area contributed by atoms with Crippen LogP contribution < -0.4 is 10.0 Å². The fourth-order valence-corrected chi connectivity index (χ4v) is 2.65. The number of hydrogen-bond donors (Lipinski definition) is 0. The molecule has 1 aromatic carbocycles. The maximum atomic E-state index is 12.9. The van der Waals surface area contributed by atoms with Gasteiger partial charge in [0.05, 0.1) is 0 Å². The standard InChI is InChI=1S/C16H21FN2O3/c1-12(11-16(21)22)10-15(20)19-8-6-18(7-9-19)14-4-2-13(17)3-5-14/h2-5,12H,6-11H2,1H3,(H,21,22)/p-1/t12-/m0/s1. The van der Waals surface area contributed by atoms with Gasteiger partial charge in [-0.1, -0.05) is 6.92 Å². The van der Waals surface area contributed by atoms with Crippen molar-refractivity contribution < 1.29 is 19.1 Å². The van der Waals surface area contributed by atoms with Crippen molar-refractivity contribution in [1.82, 2.24) is 4.90 Å². The number of carbonyl (C=O) groups excluding carboxylic acids is 2. The van der Waals surface area contributed by atoms with Crippen LogP contribution in [0.3, 0.4) is 0 Å². The predicted octanol–water partition coefficient (Wildman–Crippen LogP) is 0.640. The largest absolute Gasteiger partial charge is 0.550 e. The summed E-state index contributed by atoms with van der Waals surface area (Å²) >= 11 is 0. The summed E-state index contributed by atoms with van der Waals surface area (Å²) in [6.07, 6.45) is 0.131. The lowest BCUT2D eigenvalue weighted by atomic mass is 10.0. The number of carbonyl (C=O) groups is 2. The summed E-state index contributed by atoms with van der Waals surface area (Å²) in [4.78, 5) is 26.5. The van der Waals surface area contributed by atoms with Crippen molar-refractivity contribution in [2.24, 2.45) is 5.92 Å². The molecule has 1 atom stereocenters. The Labute approximate surface area is 129 Å². The number of piperazine rings is 1. The summed E-state index contributed by atoms with van der Waals surface area (Å²) in [7, 11) is 0. The van der Waals surface area contributed by atoms with Crippen LogP contribution in [0.25, 0.3) is 0 Å². The van der Waals surface area contributed by atoms with Crippen LogP contribution in [0.15, 0.2) is 24.3 Å². The summed E-state index contributed by atoms with van der Waals surface area (Å²) in [6, 6.07) is 6.31. The molecular formula is C16H20FN2O3-. The van der Waals surface area contributed by atoms with Crippen LogP contribution in [-0.2, 0) is 9.59 Å². The minimum atomic E-state index is -1.12. The average Bonchev–Trinajstić information content (AvgIpc) is 2.47. The Kier molecular flexibility index (Phi) is 5.35. The third-order valence-electron chi connectivity index (χ3n) is 3.86. The highest BCUT2D eigenvalue weighted by Crippen LogP contribution is 2.18. The van der Waals surface area contributed by atoms with Crippen molar-refractivity contribution in [1.29, 1.82) is 0 Å². The van der Waals surface area contributed by atoms with Crippen molar-refractivity contribution in [2.45, 2.75) is 19.8 Å². The monoisotopic (exact) mass is 307 g/mol. The first-order valence-corrected chi connectivity index (χ1v) is 7.44. The molecule has 1 fully saturated rings. The van der Waals surface area contributed by atoms with Crippen molar-refractivity contribution in [2.75, 3.05) is 31.1 Å². The number of rotatable bonds is 5. The first-order chi connectivity index (χ1) is 10.5. The van der Waals surface area contributed by atoms with Gasteiger partial charge in [-0.3, -0.25) is 4.79 Å². The molecule has 2 rings (SSSR count). The normalized spacial score (nSPS) is 16.5. The number of carboxylic acids is 1. The lowest BCUT2D eigenvalue weighted by Crippen LogP contribution is -2.49. The van der Waals surface area contributed by atoms with Gasteiger partial charge in [-0.25, -0.2) is 4.39 Å². The molecule has 120 valence electrons. The molecule has 1 heterocycles. The molecule has 0 saturated carbocycles. The van der Waals surface area contributed by atoms with E-state index in [0.29, 0.717) is 26.2 Å². The quantitative estimate of drug-likeness (QED) is 0.801. The third-order valence-corrected chi connectivity index (χ3v) is 3.86. The predicted molar refractivity (Wildman–Crippen MR) is 78.6 cm³/mol. The van der Waals surface area contributed by atoms with Gasteiger partial charge in [-0.15, -0.1) is 0 Å². The second-order valence-corrected chi connectivity index (χ2v) is 5.73. The molecule has 5 nitrogen and oxygen atoms in total. The number of nitrogens with zero attached hydrogens (tertiary/aromatic N) is 2. The molecule has 1 amide bonds. The van der Waals surface area contributed by atoms with Crippen LogP contribution in [0.1, 0.15) is 19.8 Å². The highest BCUT2D eigenvalue weighted by Gasteiger charge is 2.22. The highest BCUT2D eigenvalue weighted by atomic mass is 19.1. The number of halogens is 1. The van der Waals surface area contributed by atoms with Crippen LogP contribution in [0.4, 0.5) is 10.1 Å². The van der Waals surface area contributed by atoms with Gasteiger partial charge in [0.15, 0.2) is 0 Å². The van der Waals surface area contributed by atoms with Crippen LogP contribution in [0, 0.1) is 11.7 Å². The zero-order valence-electron chi connectivity index (χ0n) is 12.6. The molecule has 0 radical (unpaired) electrons. The van der Waals surface area contributed by atoms with E-state index in [2.05, 4.69) is 4.90 Å². The molecular weight excluding hydrogens is 287 g/mol. The van der Waals surface area contributed by atoms with E-state index in [1.165, 1.54) is 12.1 Å². The van der Waals surface area contributed by atoms with E-state index in [9.17, 15) is 19.1 Å². The molecule has 0 N–H and O–H groups in total. The molecule has 0 bridgehead atoms. The Morgan fingerprint density at radius 2 is 1.73 bits per heavy atom. The molecule has 6 heteroatoms. The van der Waals surface area contributed by atoms with Crippen molar-refractivity contribution in [3.8, 4) is 0 Å². The van der Waals surface area contributed by atoms with E-state index in [0.717, 1.165) is 5.69 Å². The Bertz CT molecular complexity index is 525. The maximum absolute atomic E-state index is 12.9. The summed E-state index contributed by atoms with van der Waals surface area (Å²) in [5.41, 5.74) is 0.943. The number of amides is 1. The van der Waals surface area contributed by atoms with Gasteiger partial charge in [0, 0.05) is 44.3 Å². The SMILES string of the molecule is C[C@H](CC(=O)[O-])CC(=O)N1CCN(c2ccc(F)cc2)CC1. The zero-order valence-corrected chi connectivity index (χ0v) is 12.6. The maximum Gasteiger partial charge on any atom is 0.222 e. The Balaban J connectivity index is 1.82. The van der Waals surface area contributed by atoms with Crippen molar-refractivity contribution >= 4 is 17.6 Å². The summed E-state index contributed by atoms with van der Waals surface area (Å²) < 4.78 is 12.9. The highest BCUT2D eigenvalue weighted by molar-refractivity contribution is 5.77. The number of hydrogen-bond acceptors (Lipinski definition) is 4. The summed E-state index contributed by atoms with van der Waals surface area (Å²) in [6.45, 7) is 4.30. The fourth-order valence-electron chi connectivity index (χ4n) is 2.65. The third kappa shape index (κ3) is 4.44. The van der Waals surface area contributed by atoms with Crippen LogP contribution >= 0.6 is 0 Å². The minimum absolute atomic E-state index is 0.0208. The molecule has 0 spiro atoms.